The zero-order valence-electron chi connectivity index (χ0n) is 14.6. The number of hydrogen-bond acceptors (Lipinski definition) is 6. The number of carbonyl (C=O) groups is 3. The maximum Gasteiger partial charge on any atom is 0.327 e. The molecule has 1 aromatic heterocycles. The van der Waals surface area contributed by atoms with Crippen molar-refractivity contribution in [2.24, 2.45) is 0 Å². The van der Waals surface area contributed by atoms with Gasteiger partial charge in [-0.1, -0.05) is 18.2 Å². The Morgan fingerprint density at radius 2 is 1.96 bits per heavy atom. The molecule has 0 saturated heterocycles. The molecule has 0 saturated carbocycles. The van der Waals surface area contributed by atoms with E-state index in [0.717, 1.165) is 0 Å². The summed E-state index contributed by atoms with van der Waals surface area (Å²) in [5, 5.41) is 5.18. The second kappa shape index (κ2) is 8.17. The quantitative estimate of drug-likeness (QED) is 0.788. The summed E-state index contributed by atoms with van der Waals surface area (Å²) in [6, 6.07) is 11.6. The fourth-order valence-corrected chi connectivity index (χ4v) is 2.45. The van der Waals surface area contributed by atoms with E-state index in [0.29, 0.717) is 18.0 Å². The molecule has 140 valence electrons. The van der Waals surface area contributed by atoms with Crippen LogP contribution in [0.25, 0.3) is 0 Å². The number of para-hydroxylation sites is 1. The molecular weight excluding hydrogens is 352 g/mol. The maximum atomic E-state index is 12.6. The van der Waals surface area contributed by atoms with Gasteiger partial charge < -0.3 is 20.1 Å². The molecule has 0 aliphatic carbocycles. The van der Waals surface area contributed by atoms with E-state index >= 15 is 0 Å². The van der Waals surface area contributed by atoms with Gasteiger partial charge in [0.2, 0.25) is 0 Å². The summed E-state index contributed by atoms with van der Waals surface area (Å²) < 4.78 is 9.99. The van der Waals surface area contributed by atoms with Crippen LogP contribution in [0.1, 0.15) is 10.5 Å². The first-order valence-electron chi connectivity index (χ1n) is 8.21. The average molecular weight is 370 g/mol. The number of ether oxygens (including phenoxy) is 2. The number of amides is 3. The van der Waals surface area contributed by atoms with Crippen LogP contribution in [0.15, 0.2) is 42.5 Å². The second-order valence-corrected chi connectivity index (χ2v) is 5.57. The summed E-state index contributed by atoms with van der Waals surface area (Å²) in [4.78, 5) is 41.6. The number of nitrogens with zero attached hydrogens (tertiary/aromatic N) is 2. The summed E-state index contributed by atoms with van der Waals surface area (Å²) in [5.74, 6) is -0.500. The van der Waals surface area contributed by atoms with Crippen molar-refractivity contribution in [2.45, 2.75) is 0 Å². The van der Waals surface area contributed by atoms with Gasteiger partial charge in [-0.2, -0.15) is 0 Å². The monoisotopic (exact) mass is 370 g/mol. The topological polar surface area (TPSA) is 110 Å². The predicted octanol–water partition coefficient (Wildman–Crippen LogP) is 1.42. The molecule has 0 spiro atoms. The molecule has 3 amide bonds. The van der Waals surface area contributed by atoms with Crippen LogP contribution in [-0.2, 0) is 9.53 Å². The molecule has 0 unspecified atom stereocenters. The van der Waals surface area contributed by atoms with E-state index in [1.54, 1.807) is 18.2 Å². The van der Waals surface area contributed by atoms with Gasteiger partial charge in [0.15, 0.2) is 11.6 Å². The van der Waals surface area contributed by atoms with Gasteiger partial charge in [0.25, 0.3) is 5.91 Å². The summed E-state index contributed by atoms with van der Waals surface area (Å²) in [7, 11) is 1.23. The van der Waals surface area contributed by atoms with Crippen LogP contribution in [0.2, 0.25) is 0 Å². The first-order valence-corrected chi connectivity index (χ1v) is 8.21. The van der Waals surface area contributed by atoms with E-state index in [9.17, 15) is 14.4 Å². The van der Waals surface area contributed by atoms with Gasteiger partial charge >= 0.3 is 12.0 Å². The highest BCUT2D eigenvalue weighted by Crippen LogP contribution is 2.30. The minimum absolute atomic E-state index is 0.0562. The smallest absolute Gasteiger partial charge is 0.327 e. The Morgan fingerprint density at radius 1 is 1.19 bits per heavy atom. The van der Waals surface area contributed by atoms with E-state index in [2.05, 4.69) is 20.4 Å². The lowest BCUT2D eigenvalue weighted by molar-refractivity contribution is -0.139. The Kier molecular flexibility index (Phi) is 5.50. The summed E-state index contributed by atoms with van der Waals surface area (Å²) in [6.45, 7) is 0.319. The Balaban J connectivity index is 1.78. The lowest BCUT2D eigenvalue weighted by Crippen LogP contribution is -2.41. The zero-order valence-corrected chi connectivity index (χ0v) is 14.6. The number of urea groups is 1. The number of carbonyl (C=O) groups excluding carboxylic acids is 3. The molecular formula is C18H18N4O5. The van der Waals surface area contributed by atoms with Crippen LogP contribution in [0.4, 0.5) is 16.3 Å². The van der Waals surface area contributed by atoms with Gasteiger partial charge in [-0.05, 0) is 24.3 Å². The first kappa shape index (κ1) is 18.2. The highest BCUT2D eigenvalue weighted by molar-refractivity contribution is 6.03. The minimum Gasteiger partial charge on any atom is -0.488 e. The number of esters is 1. The largest absolute Gasteiger partial charge is 0.488 e. The molecule has 1 aliphatic heterocycles. The fourth-order valence-electron chi connectivity index (χ4n) is 2.45. The molecule has 0 atom stereocenters. The molecule has 2 N–H and O–H groups in total. The van der Waals surface area contributed by atoms with Crippen molar-refractivity contribution in [3.63, 3.8) is 0 Å². The number of anilines is 2. The highest BCUT2D eigenvalue weighted by Gasteiger charge is 2.26. The van der Waals surface area contributed by atoms with Crippen molar-refractivity contribution in [1.82, 2.24) is 10.3 Å². The van der Waals surface area contributed by atoms with Crippen LogP contribution < -0.4 is 20.3 Å². The SMILES string of the molecule is COC(=O)CNC(=O)c1ccc2c(n1)N(C(=O)Nc1ccccc1)CCO2. The number of methoxy groups -OCH3 is 1. The van der Waals surface area contributed by atoms with Gasteiger partial charge in [-0.25, -0.2) is 9.78 Å². The molecule has 0 fully saturated rings. The zero-order chi connectivity index (χ0) is 19.2. The molecule has 2 aromatic rings. The lowest BCUT2D eigenvalue weighted by Gasteiger charge is -2.28. The standard InChI is InChI=1S/C18H18N4O5/c1-26-15(23)11-19-17(24)13-7-8-14-16(21-13)22(9-10-27-14)18(25)20-12-5-3-2-4-6-12/h2-8H,9-11H2,1H3,(H,19,24)(H,20,25). The fraction of sp³-hybridized carbons (Fsp3) is 0.222. The Hall–Kier alpha value is -3.62. The average Bonchev–Trinajstić information content (AvgIpc) is 2.71. The Bertz CT molecular complexity index is 856. The van der Waals surface area contributed by atoms with Crippen molar-refractivity contribution in [3.8, 4) is 5.75 Å². The van der Waals surface area contributed by atoms with Gasteiger partial charge in [0, 0.05) is 5.69 Å². The first-order chi connectivity index (χ1) is 13.1. The molecule has 2 heterocycles. The van der Waals surface area contributed by atoms with Gasteiger partial charge in [-0.15, -0.1) is 0 Å². The molecule has 0 bridgehead atoms. The number of aromatic nitrogens is 1. The van der Waals surface area contributed by atoms with Crippen LogP contribution in [0.5, 0.6) is 5.75 Å². The summed E-state index contributed by atoms with van der Waals surface area (Å²) >= 11 is 0. The van der Waals surface area contributed by atoms with E-state index in [4.69, 9.17) is 4.74 Å². The van der Waals surface area contributed by atoms with Gasteiger partial charge in [0.1, 0.15) is 18.8 Å². The lowest BCUT2D eigenvalue weighted by atomic mass is 10.2. The van der Waals surface area contributed by atoms with E-state index in [-0.39, 0.29) is 30.6 Å². The Morgan fingerprint density at radius 3 is 2.70 bits per heavy atom. The number of rotatable bonds is 4. The van der Waals surface area contributed by atoms with Crippen LogP contribution in [0.3, 0.4) is 0 Å². The Labute approximate surface area is 155 Å². The highest BCUT2D eigenvalue weighted by atomic mass is 16.5. The normalized spacial score (nSPS) is 12.4. The van der Waals surface area contributed by atoms with E-state index in [1.807, 2.05) is 18.2 Å². The molecule has 0 radical (unpaired) electrons. The number of benzene rings is 1. The number of pyridine rings is 1. The van der Waals surface area contributed by atoms with Crippen molar-refractivity contribution in [1.29, 1.82) is 0 Å². The molecule has 1 aliphatic rings. The molecule has 9 heteroatoms. The third-order valence-corrected chi connectivity index (χ3v) is 3.79. The summed E-state index contributed by atoms with van der Waals surface area (Å²) in [6.07, 6.45) is 0. The van der Waals surface area contributed by atoms with Crippen LogP contribution in [0, 0.1) is 0 Å². The van der Waals surface area contributed by atoms with Crippen molar-refractivity contribution in [3.05, 3.63) is 48.2 Å². The summed E-state index contributed by atoms with van der Waals surface area (Å²) in [5.41, 5.74) is 0.697. The third kappa shape index (κ3) is 4.32. The molecule has 9 nitrogen and oxygen atoms in total. The van der Waals surface area contributed by atoms with E-state index < -0.39 is 11.9 Å². The van der Waals surface area contributed by atoms with Gasteiger partial charge in [0.05, 0.1) is 13.7 Å². The van der Waals surface area contributed by atoms with Gasteiger partial charge in [-0.3, -0.25) is 14.5 Å². The second-order valence-electron chi connectivity index (χ2n) is 5.57. The van der Waals surface area contributed by atoms with Crippen LogP contribution in [-0.4, -0.2) is 49.7 Å². The predicted molar refractivity (Wildman–Crippen MR) is 96.9 cm³/mol. The third-order valence-electron chi connectivity index (χ3n) is 3.79. The van der Waals surface area contributed by atoms with E-state index in [1.165, 1.54) is 18.1 Å². The molecule has 27 heavy (non-hydrogen) atoms. The maximum absolute atomic E-state index is 12.6. The number of fused-ring (bicyclic) bond motifs is 1. The number of hydrogen-bond donors (Lipinski definition) is 2. The number of nitrogens with one attached hydrogen (secondary N) is 2. The van der Waals surface area contributed by atoms with Crippen molar-refractivity contribution >= 4 is 29.4 Å². The molecule has 1 aromatic carbocycles. The molecule has 3 rings (SSSR count). The minimum atomic E-state index is -0.575. The van der Waals surface area contributed by atoms with Crippen LogP contribution >= 0.6 is 0 Å². The van der Waals surface area contributed by atoms with Crippen molar-refractivity contribution < 1.29 is 23.9 Å². The van der Waals surface area contributed by atoms with Crippen molar-refractivity contribution in [2.75, 3.05) is 37.0 Å².